The SMILES string of the molecule is O=C(Cn1cnc2ccccc2c1=O)NCC(=O)c1ccccc1. The van der Waals surface area contributed by atoms with Crippen LogP contribution in [-0.2, 0) is 11.3 Å². The van der Waals surface area contributed by atoms with Crippen molar-refractivity contribution in [2.75, 3.05) is 6.54 Å². The number of carbonyl (C=O) groups is 2. The zero-order chi connectivity index (χ0) is 16.9. The lowest BCUT2D eigenvalue weighted by Gasteiger charge is -2.07. The summed E-state index contributed by atoms with van der Waals surface area (Å²) in [6.07, 6.45) is 1.34. The van der Waals surface area contributed by atoms with E-state index in [-0.39, 0.29) is 24.4 Å². The molecule has 6 nitrogen and oxygen atoms in total. The van der Waals surface area contributed by atoms with Gasteiger partial charge in [-0.05, 0) is 12.1 Å². The van der Waals surface area contributed by atoms with Crippen molar-refractivity contribution >= 4 is 22.6 Å². The van der Waals surface area contributed by atoms with Gasteiger partial charge in [0, 0.05) is 5.56 Å². The van der Waals surface area contributed by atoms with E-state index < -0.39 is 5.91 Å². The smallest absolute Gasteiger partial charge is 0.261 e. The van der Waals surface area contributed by atoms with Gasteiger partial charge in [0.05, 0.1) is 23.8 Å². The molecule has 0 spiro atoms. The van der Waals surface area contributed by atoms with E-state index in [1.54, 1.807) is 48.5 Å². The van der Waals surface area contributed by atoms with E-state index in [0.29, 0.717) is 16.5 Å². The molecule has 1 aromatic heterocycles. The molecule has 0 aliphatic heterocycles. The molecule has 120 valence electrons. The number of aromatic nitrogens is 2. The predicted molar refractivity (Wildman–Crippen MR) is 89.8 cm³/mol. The highest BCUT2D eigenvalue weighted by atomic mass is 16.2. The van der Waals surface area contributed by atoms with E-state index in [0.717, 1.165) is 0 Å². The summed E-state index contributed by atoms with van der Waals surface area (Å²) >= 11 is 0. The normalized spacial score (nSPS) is 10.5. The van der Waals surface area contributed by atoms with Crippen LogP contribution in [0.3, 0.4) is 0 Å². The molecular weight excluding hydrogens is 306 g/mol. The van der Waals surface area contributed by atoms with E-state index in [1.165, 1.54) is 10.9 Å². The number of nitrogens with zero attached hydrogens (tertiary/aromatic N) is 2. The molecule has 0 atom stereocenters. The molecule has 0 fully saturated rings. The molecule has 0 radical (unpaired) electrons. The Bertz CT molecular complexity index is 948. The number of nitrogens with one attached hydrogen (secondary N) is 1. The third-order valence-corrected chi connectivity index (χ3v) is 3.59. The maximum Gasteiger partial charge on any atom is 0.261 e. The second kappa shape index (κ2) is 6.87. The Kier molecular flexibility index (Phi) is 4.47. The number of carbonyl (C=O) groups excluding carboxylic acids is 2. The largest absolute Gasteiger partial charge is 0.347 e. The average Bonchev–Trinajstić information content (AvgIpc) is 2.63. The number of para-hydroxylation sites is 1. The average molecular weight is 321 g/mol. The molecule has 6 heteroatoms. The fourth-order valence-corrected chi connectivity index (χ4v) is 2.33. The lowest BCUT2D eigenvalue weighted by atomic mass is 10.1. The zero-order valence-corrected chi connectivity index (χ0v) is 12.8. The Morgan fingerprint density at radius 1 is 1.00 bits per heavy atom. The summed E-state index contributed by atoms with van der Waals surface area (Å²) in [5.41, 5.74) is 0.825. The number of Topliss-reactive ketones (excluding diaryl/α,β-unsaturated/α-hetero) is 1. The first kappa shape index (κ1) is 15.6. The molecule has 1 amide bonds. The van der Waals surface area contributed by atoms with Gasteiger partial charge in [-0.1, -0.05) is 42.5 Å². The molecule has 1 heterocycles. The summed E-state index contributed by atoms with van der Waals surface area (Å²) in [7, 11) is 0. The van der Waals surface area contributed by atoms with Gasteiger partial charge >= 0.3 is 0 Å². The second-order valence-electron chi connectivity index (χ2n) is 5.26. The minimum atomic E-state index is -0.418. The molecule has 2 aromatic carbocycles. The van der Waals surface area contributed by atoms with E-state index in [9.17, 15) is 14.4 Å². The van der Waals surface area contributed by atoms with Crippen molar-refractivity contribution in [3.05, 3.63) is 76.8 Å². The molecule has 1 N–H and O–H groups in total. The van der Waals surface area contributed by atoms with Crippen LogP contribution in [0.1, 0.15) is 10.4 Å². The Hall–Kier alpha value is -3.28. The van der Waals surface area contributed by atoms with Crippen LogP contribution in [0, 0.1) is 0 Å². The number of rotatable bonds is 5. The molecule has 0 saturated carbocycles. The van der Waals surface area contributed by atoms with Crippen LogP contribution in [0.15, 0.2) is 65.7 Å². The van der Waals surface area contributed by atoms with Gasteiger partial charge in [0.2, 0.25) is 5.91 Å². The maximum atomic E-state index is 12.3. The number of ketones is 1. The van der Waals surface area contributed by atoms with E-state index in [1.807, 2.05) is 6.07 Å². The van der Waals surface area contributed by atoms with E-state index in [2.05, 4.69) is 10.3 Å². The fourth-order valence-electron chi connectivity index (χ4n) is 2.33. The van der Waals surface area contributed by atoms with Gasteiger partial charge in [0.15, 0.2) is 5.78 Å². The summed E-state index contributed by atoms with van der Waals surface area (Å²) in [5, 5.41) is 2.98. The third-order valence-electron chi connectivity index (χ3n) is 3.59. The van der Waals surface area contributed by atoms with Crippen molar-refractivity contribution in [2.45, 2.75) is 6.54 Å². The maximum absolute atomic E-state index is 12.3. The van der Waals surface area contributed by atoms with Crippen molar-refractivity contribution in [1.82, 2.24) is 14.9 Å². The summed E-state index contributed by atoms with van der Waals surface area (Å²) in [6, 6.07) is 15.6. The number of amides is 1. The van der Waals surface area contributed by atoms with Gasteiger partial charge in [-0.25, -0.2) is 4.98 Å². The van der Waals surface area contributed by atoms with E-state index in [4.69, 9.17) is 0 Å². The topological polar surface area (TPSA) is 81.1 Å². The summed E-state index contributed by atoms with van der Waals surface area (Å²) in [4.78, 5) is 40.4. The second-order valence-corrected chi connectivity index (χ2v) is 5.26. The van der Waals surface area contributed by atoms with Gasteiger partial charge in [0.1, 0.15) is 6.54 Å². The highest BCUT2D eigenvalue weighted by Gasteiger charge is 2.10. The van der Waals surface area contributed by atoms with Gasteiger partial charge in [-0.15, -0.1) is 0 Å². The summed E-state index contributed by atoms with van der Waals surface area (Å²) in [5.74, 6) is -0.605. The van der Waals surface area contributed by atoms with Crippen molar-refractivity contribution < 1.29 is 9.59 Å². The van der Waals surface area contributed by atoms with Crippen molar-refractivity contribution in [1.29, 1.82) is 0 Å². The number of hydrogen-bond donors (Lipinski definition) is 1. The standard InChI is InChI=1S/C18H15N3O3/c22-16(13-6-2-1-3-7-13)10-19-17(23)11-21-12-20-15-9-5-4-8-14(15)18(21)24/h1-9,12H,10-11H2,(H,19,23). The number of fused-ring (bicyclic) bond motifs is 1. The Labute approximate surface area is 137 Å². The molecule has 0 unspecified atom stereocenters. The van der Waals surface area contributed by atoms with Gasteiger partial charge in [-0.3, -0.25) is 19.0 Å². The monoisotopic (exact) mass is 321 g/mol. The molecule has 0 aliphatic carbocycles. The molecule has 0 aliphatic rings. The lowest BCUT2D eigenvalue weighted by Crippen LogP contribution is -2.35. The van der Waals surface area contributed by atoms with Crippen LogP contribution in [-0.4, -0.2) is 27.8 Å². The first-order valence-electron chi connectivity index (χ1n) is 7.44. The van der Waals surface area contributed by atoms with Crippen LogP contribution in [0.2, 0.25) is 0 Å². The molecular formula is C18H15N3O3. The van der Waals surface area contributed by atoms with Crippen molar-refractivity contribution in [3.8, 4) is 0 Å². The highest BCUT2D eigenvalue weighted by Crippen LogP contribution is 2.04. The molecule has 0 saturated heterocycles. The van der Waals surface area contributed by atoms with Crippen LogP contribution >= 0.6 is 0 Å². The molecule has 3 rings (SSSR count). The number of benzene rings is 2. The predicted octanol–water partition coefficient (Wildman–Crippen LogP) is 1.40. The molecule has 0 bridgehead atoms. The van der Waals surface area contributed by atoms with E-state index >= 15 is 0 Å². The Balaban J connectivity index is 1.66. The van der Waals surface area contributed by atoms with Gasteiger partial charge < -0.3 is 5.32 Å². The molecule has 24 heavy (non-hydrogen) atoms. The fraction of sp³-hybridized carbons (Fsp3) is 0.111. The first-order valence-corrected chi connectivity index (χ1v) is 7.44. The Morgan fingerprint density at radius 2 is 1.71 bits per heavy atom. The summed E-state index contributed by atoms with van der Waals surface area (Å²) < 4.78 is 1.23. The van der Waals surface area contributed by atoms with Crippen LogP contribution in [0.4, 0.5) is 0 Å². The van der Waals surface area contributed by atoms with Gasteiger partial charge in [-0.2, -0.15) is 0 Å². The minimum Gasteiger partial charge on any atom is -0.347 e. The van der Waals surface area contributed by atoms with Crippen molar-refractivity contribution in [2.24, 2.45) is 0 Å². The quantitative estimate of drug-likeness (QED) is 0.720. The van der Waals surface area contributed by atoms with Gasteiger partial charge in [0.25, 0.3) is 5.56 Å². The Morgan fingerprint density at radius 3 is 2.50 bits per heavy atom. The third kappa shape index (κ3) is 3.38. The summed E-state index contributed by atoms with van der Waals surface area (Å²) in [6.45, 7) is -0.294. The van der Waals surface area contributed by atoms with Crippen LogP contribution in [0.5, 0.6) is 0 Å². The highest BCUT2D eigenvalue weighted by molar-refractivity contribution is 5.99. The van der Waals surface area contributed by atoms with Crippen LogP contribution in [0.25, 0.3) is 10.9 Å². The molecule has 3 aromatic rings. The van der Waals surface area contributed by atoms with Crippen LogP contribution < -0.4 is 10.9 Å². The number of hydrogen-bond acceptors (Lipinski definition) is 4. The lowest BCUT2D eigenvalue weighted by molar-refractivity contribution is -0.121. The first-order chi connectivity index (χ1) is 11.6. The minimum absolute atomic E-state index is 0.112. The van der Waals surface area contributed by atoms with Crippen molar-refractivity contribution in [3.63, 3.8) is 0 Å². The zero-order valence-electron chi connectivity index (χ0n) is 12.8.